The van der Waals surface area contributed by atoms with E-state index in [1.54, 1.807) is 43.3 Å². The maximum absolute atomic E-state index is 13.7. The Bertz CT molecular complexity index is 1320. The average Bonchev–Trinajstić information content (AvgIpc) is 3.34. The number of hydrogen-bond acceptors (Lipinski definition) is 8. The molecule has 0 bridgehead atoms. The number of methoxy groups -OCH3 is 1. The fourth-order valence-electron chi connectivity index (χ4n) is 4.53. The first-order chi connectivity index (χ1) is 18.0. The Morgan fingerprint density at radius 1 is 1.03 bits per heavy atom. The lowest BCUT2D eigenvalue weighted by molar-refractivity contribution is 0.0111. The van der Waals surface area contributed by atoms with E-state index in [1.165, 1.54) is 17.0 Å². The Hall–Kier alpha value is -3.51. The fraction of sp³-hybridized carbons (Fsp3) is 0.462. The molecule has 2 heterocycles. The lowest BCUT2D eigenvalue weighted by Crippen LogP contribution is -2.48. The number of fused-ring (bicyclic) bond motifs is 2. The Balaban J connectivity index is 1.68. The molecule has 2 aromatic rings. The van der Waals surface area contributed by atoms with Gasteiger partial charge in [0.15, 0.2) is 11.5 Å². The van der Waals surface area contributed by atoms with Gasteiger partial charge >= 0.3 is 0 Å². The molecule has 12 heteroatoms. The van der Waals surface area contributed by atoms with Gasteiger partial charge in [-0.25, -0.2) is 8.42 Å². The second-order valence-electron chi connectivity index (χ2n) is 9.71. The van der Waals surface area contributed by atoms with Crippen molar-refractivity contribution >= 4 is 27.5 Å². The summed E-state index contributed by atoms with van der Waals surface area (Å²) < 4.78 is 48.5. The number of sulfonamides is 1. The van der Waals surface area contributed by atoms with Crippen molar-refractivity contribution in [2.75, 3.05) is 51.6 Å². The molecule has 0 saturated carbocycles. The highest BCUT2D eigenvalue weighted by Crippen LogP contribution is 2.33. The summed E-state index contributed by atoms with van der Waals surface area (Å²) in [5.74, 6) is 0.722. The molecule has 206 valence electrons. The van der Waals surface area contributed by atoms with Gasteiger partial charge in [-0.15, -0.1) is 0 Å². The summed E-state index contributed by atoms with van der Waals surface area (Å²) in [7, 11) is -0.330. The Morgan fingerprint density at radius 3 is 2.45 bits per heavy atom. The number of nitrogens with one attached hydrogen (secondary N) is 1. The number of benzene rings is 2. The number of carbonyl (C=O) groups is 2. The van der Waals surface area contributed by atoms with Gasteiger partial charge in [-0.1, -0.05) is 6.92 Å². The molecule has 2 aliphatic rings. The summed E-state index contributed by atoms with van der Waals surface area (Å²) in [5, 5.41) is 0. The summed E-state index contributed by atoms with van der Waals surface area (Å²) in [6.07, 6.45) is 0.666. The van der Waals surface area contributed by atoms with Crippen molar-refractivity contribution in [2.24, 2.45) is 5.92 Å². The van der Waals surface area contributed by atoms with Gasteiger partial charge in [0, 0.05) is 44.4 Å². The molecule has 0 aromatic heterocycles. The van der Waals surface area contributed by atoms with E-state index >= 15 is 0 Å². The van der Waals surface area contributed by atoms with Crippen molar-refractivity contribution in [1.82, 2.24) is 9.80 Å². The van der Waals surface area contributed by atoms with E-state index in [9.17, 15) is 18.0 Å². The van der Waals surface area contributed by atoms with E-state index in [4.69, 9.17) is 18.9 Å². The molecule has 1 N–H and O–H groups in total. The molecule has 4 rings (SSSR count). The number of carbonyl (C=O) groups excluding carboxylic acids is 2. The molecular weight excluding hydrogens is 514 g/mol. The minimum Gasteiger partial charge on any atom is -0.491 e. The number of ether oxygens (including phenoxy) is 4. The third-order valence-corrected chi connectivity index (χ3v) is 7.23. The van der Waals surface area contributed by atoms with Crippen LogP contribution in [0.1, 0.15) is 34.6 Å². The molecule has 2 aliphatic heterocycles. The first kappa shape index (κ1) is 27.5. The highest BCUT2D eigenvalue weighted by Gasteiger charge is 2.31. The topological polar surface area (TPSA) is 124 Å². The van der Waals surface area contributed by atoms with Gasteiger partial charge in [-0.3, -0.25) is 14.3 Å². The highest BCUT2D eigenvalue weighted by atomic mass is 32.2. The molecule has 0 aliphatic carbocycles. The zero-order valence-electron chi connectivity index (χ0n) is 22.1. The lowest BCUT2D eigenvalue weighted by atomic mass is 10.0. The Morgan fingerprint density at radius 2 is 1.74 bits per heavy atom. The van der Waals surface area contributed by atoms with Gasteiger partial charge in [-0.05, 0) is 43.3 Å². The molecule has 11 nitrogen and oxygen atoms in total. The first-order valence-electron chi connectivity index (χ1n) is 12.2. The first-order valence-corrected chi connectivity index (χ1v) is 14.1. The molecule has 0 unspecified atom stereocenters. The molecule has 0 fully saturated rings. The monoisotopic (exact) mass is 547 g/mol. The van der Waals surface area contributed by atoms with Crippen LogP contribution in [0.3, 0.4) is 0 Å². The Kier molecular flexibility index (Phi) is 8.02. The average molecular weight is 548 g/mol. The molecular formula is C26H33N3O8S. The number of nitrogens with zero attached hydrogens (tertiary/aromatic N) is 2. The van der Waals surface area contributed by atoms with Crippen molar-refractivity contribution in [3.05, 3.63) is 47.5 Å². The predicted octanol–water partition coefficient (Wildman–Crippen LogP) is 2.43. The second kappa shape index (κ2) is 11.1. The summed E-state index contributed by atoms with van der Waals surface area (Å²) in [6, 6.07) is 9.25. The quantitative estimate of drug-likeness (QED) is 0.619. The van der Waals surface area contributed by atoms with Gasteiger partial charge in [-0.2, -0.15) is 0 Å². The number of anilines is 1. The maximum atomic E-state index is 13.7. The van der Waals surface area contributed by atoms with Crippen LogP contribution in [0.15, 0.2) is 36.4 Å². The SMILES string of the molecule is CO[C@@H]1CN(C)C(=O)c2cc(NS(C)(=O)=O)ccc2OC[C@H](C)N(C(=O)c2ccc3c(c2)OCO3)C[C@@H]1C. The zero-order valence-corrected chi connectivity index (χ0v) is 22.9. The van der Waals surface area contributed by atoms with E-state index in [0.717, 1.165) is 6.26 Å². The van der Waals surface area contributed by atoms with Crippen LogP contribution in [-0.4, -0.2) is 89.1 Å². The molecule has 0 saturated heterocycles. The summed E-state index contributed by atoms with van der Waals surface area (Å²) in [4.78, 5) is 30.3. The van der Waals surface area contributed by atoms with Crippen molar-refractivity contribution in [2.45, 2.75) is 26.0 Å². The summed E-state index contributed by atoms with van der Waals surface area (Å²) in [6.45, 7) is 4.67. The maximum Gasteiger partial charge on any atom is 0.257 e. The fourth-order valence-corrected chi connectivity index (χ4v) is 5.09. The standard InChI is InChI=1S/C26H33N3O8S/c1-16-12-29(25(30)18-6-8-22-23(10-18)37-15-36-22)17(2)14-35-21-9-7-19(27-38(5,32)33)11-20(21)26(31)28(3)13-24(16)34-4/h6-11,16-17,24,27H,12-15H2,1-5H3/t16-,17-,24+/m0/s1. The molecule has 38 heavy (non-hydrogen) atoms. The van der Waals surface area contributed by atoms with Gasteiger partial charge < -0.3 is 28.7 Å². The van der Waals surface area contributed by atoms with Crippen LogP contribution in [0.25, 0.3) is 0 Å². The van der Waals surface area contributed by atoms with E-state index < -0.39 is 10.0 Å². The van der Waals surface area contributed by atoms with Crippen LogP contribution in [0.5, 0.6) is 17.2 Å². The highest BCUT2D eigenvalue weighted by molar-refractivity contribution is 7.92. The van der Waals surface area contributed by atoms with Crippen molar-refractivity contribution in [1.29, 1.82) is 0 Å². The van der Waals surface area contributed by atoms with Crippen molar-refractivity contribution < 1.29 is 37.0 Å². The number of likely N-dealkylation sites (N-methyl/N-ethyl adjacent to an activating group) is 1. The van der Waals surface area contributed by atoms with Crippen LogP contribution in [0.4, 0.5) is 5.69 Å². The summed E-state index contributed by atoms with van der Waals surface area (Å²) >= 11 is 0. The zero-order chi connectivity index (χ0) is 27.6. The third kappa shape index (κ3) is 6.13. The predicted molar refractivity (Wildman–Crippen MR) is 140 cm³/mol. The van der Waals surface area contributed by atoms with Gasteiger partial charge in [0.2, 0.25) is 16.8 Å². The molecule has 0 radical (unpaired) electrons. The van der Waals surface area contributed by atoms with Crippen molar-refractivity contribution in [3.63, 3.8) is 0 Å². The van der Waals surface area contributed by atoms with E-state index in [1.807, 2.05) is 13.8 Å². The van der Waals surface area contributed by atoms with Crippen LogP contribution in [0, 0.1) is 5.92 Å². The smallest absolute Gasteiger partial charge is 0.257 e. The van der Waals surface area contributed by atoms with E-state index in [2.05, 4.69) is 4.72 Å². The summed E-state index contributed by atoms with van der Waals surface area (Å²) in [5.41, 5.74) is 0.900. The molecule has 0 spiro atoms. The van der Waals surface area contributed by atoms with Crippen LogP contribution in [-0.2, 0) is 14.8 Å². The second-order valence-corrected chi connectivity index (χ2v) is 11.5. The molecule has 2 aromatic carbocycles. The number of rotatable bonds is 4. The van der Waals surface area contributed by atoms with Gasteiger partial charge in [0.1, 0.15) is 12.4 Å². The number of amides is 2. The lowest BCUT2D eigenvalue weighted by Gasteiger charge is -2.36. The Labute approximate surface area is 222 Å². The van der Waals surface area contributed by atoms with Crippen LogP contribution < -0.4 is 18.9 Å². The van der Waals surface area contributed by atoms with E-state index in [-0.39, 0.29) is 66.8 Å². The largest absolute Gasteiger partial charge is 0.491 e. The minimum absolute atomic E-state index is 0.101. The van der Waals surface area contributed by atoms with Gasteiger partial charge in [0.05, 0.1) is 24.0 Å². The van der Waals surface area contributed by atoms with Crippen LogP contribution >= 0.6 is 0 Å². The minimum atomic E-state index is -3.55. The number of hydrogen-bond donors (Lipinski definition) is 1. The van der Waals surface area contributed by atoms with Crippen LogP contribution in [0.2, 0.25) is 0 Å². The van der Waals surface area contributed by atoms with E-state index in [0.29, 0.717) is 23.6 Å². The van der Waals surface area contributed by atoms with Crippen molar-refractivity contribution in [3.8, 4) is 17.2 Å². The molecule has 3 atom stereocenters. The third-order valence-electron chi connectivity index (χ3n) is 6.63. The molecule has 2 amide bonds. The normalized spacial score (nSPS) is 22.1. The van der Waals surface area contributed by atoms with Gasteiger partial charge in [0.25, 0.3) is 11.8 Å².